The van der Waals surface area contributed by atoms with E-state index in [1.54, 1.807) is 0 Å². The highest BCUT2D eigenvalue weighted by atomic mass is 32.1. The molecule has 2 aliphatic carbocycles. The molecular formula is C8H14S. The Labute approximate surface area is 62.4 Å². The average molecular weight is 142 g/mol. The van der Waals surface area contributed by atoms with E-state index in [0.29, 0.717) is 0 Å². The maximum absolute atomic E-state index is 4.51. The first kappa shape index (κ1) is 6.09. The van der Waals surface area contributed by atoms with Gasteiger partial charge in [0.05, 0.1) is 0 Å². The Morgan fingerprint density at radius 3 is 2.44 bits per heavy atom. The summed E-state index contributed by atoms with van der Waals surface area (Å²) in [4.78, 5) is 0. The molecule has 0 spiro atoms. The van der Waals surface area contributed by atoms with Crippen LogP contribution in [0.5, 0.6) is 0 Å². The van der Waals surface area contributed by atoms with E-state index in [1.165, 1.54) is 32.1 Å². The third kappa shape index (κ3) is 0.899. The first-order valence-electron chi connectivity index (χ1n) is 4.06. The summed E-state index contributed by atoms with van der Waals surface area (Å²) in [6.07, 6.45) is 7.34. The zero-order valence-corrected chi connectivity index (χ0v) is 6.61. The molecule has 2 fully saturated rings. The van der Waals surface area contributed by atoms with Crippen molar-refractivity contribution in [3.8, 4) is 0 Å². The number of thiol groups is 1. The van der Waals surface area contributed by atoms with Gasteiger partial charge in [-0.1, -0.05) is 19.3 Å². The summed E-state index contributed by atoms with van der Waals surface area (Å²) in [5, 5.41) is 0.773. The molecule has 0 aromatic carbocycles. The fraction of sp³-hybridized carbons (Fsp3) is 1.00. The van der Waals surface area contributed by atoms with Gasteiger partial charge in [0.15, 0.2) is 0 Å². The second-order valence-corrected chi connectivity index (χ2v) is 4.17. The molecule has 3 atom stereocenters. The average Bonchev–Trinajstić information content (AvgIpc) is 1.86. The zero-order valence-electron chi connectivity index (χ0n) is 5.71. The van der Waals surface area contributed by atoms with Crippen LogP contribution in [-0.4, -0.2) is 5.25 Å². The van der Waals surface area contributed by atoms with Crippen molar-refractivity contribution in [3.63, 3.8) is 0 Å². The van der Waals surface area contributed by atoms with Crippen molar-refractivity contribution in [2.45, 2.75) is 37.4 Å². The van der Waals surface area contributed by atoms with Gasteiger partial charge in [-0.15, -0.1) is 0 Å². The van der Waals surface area contributed by atoms with Gasteiger partial charge in [-0.3, -0.25) is 0 Å². The molecule has 2 aliphatic rings. The molecular weight excluding hydrogens is 128 g/mol. The minimum absolute atomic E-state index is 0.773. The van der Waals surface area contributed by atoms with Crippen molar-refractivity contribution in [2.24, 2.45) is 11.8 Å². The van der Waals surface area contributed by atoms with Crippen LogP contribution < -0.4 is 0 Å². The van der Waals surface area contributed by atoms with E-state index in [9.17, 15) is 0 Å². The Morgan fingerprint density at radius 1 is 1.11 bits per heavy atom. The van der Waals surface area contributed by atoms with Crippen LogP contribution in [0.3, 0.4) is 0 Å². The topological polar surface area (TPSA) is 0 Å². The SMILES string of the molecule is SC1CC2CCCCC12. The Hall–Kier alpha value is 0.350. The molecule has 52 valence electrons. The van der Waals surface area contributed by atoms with Crippen LogP contribution in [0.25, 0.3) is 0 Å². The van der Waals surface area contributed by atoms with Gasteiger partial charge in [0.2, 0.25) is 0 Å². The fourth-order valence-electron chi connectivity index (χ4n) is 2.32. The molecule has 0 aromatic heterocycles. The van der Waals surface area contributed by atoms with Crippen molar-refractivity contribution in [3.05, 3.63) is 0 Å². The van der Waals surface area contributed by atoms with Crippen LogP contribution in [0, 0.1) is 11.8 Å². The highest BCUT2D eigenvalue weighted by Crippen LogP contribution is 2.47. The number of fused-ring (bicyclic) bond motifs is 1. The van der Waals surface area contributed by atoms with Gasteiger partial charge in [0, 0.05) is 5.25 Å². The molecule has 2 rings (SSSR count). The summed E-state index contributed by atoms with van der Waals surface area (Å²) >= 11 is 4.51. The Morgan fingerprint density at radius 2 is 1.89 bits per heavy atom. The van der Waals surface area contributed by atoms with Crippen molar-refractivity contribution < 1.29 is 0 Å². The fourth-order valence-corrected chi connectivity index (χ4v) is 2.99. The van der Waals surface area contributed by atoms with E-state index in [2.05, 4.69) is 12.6 Å². The van der Waals surface area contributed by atoms with Crippen LogP contribution in [0.2, 0.25) is 0 Å². The van der Waals surface area contributed by atoms with Crippen LogP contribution in [0.15, 0.2) is 0 Å². The smallest absolute Gasteiger partial charge is 0.00504 e. The largest absolute Gasteiger partial charge is 0.176 e. The quantitative estimate of drug-likeness (QED) is 0.494. The van der Waals surface area contributed by atoms with Crippen LogP contribution in [-0.2, 0) is 0 Å². The molecule has 9 heavy (non-hydrogen) atoms. The minimum Gasteiger partial charge on any atom is -0.176 e. The van der Waals surface area contributed by atoms with Crippen LogP contribution in [0.4, 0.5) is 0 Å². The van der Waals surface area contributed by atoms with Gasteiger partial charge >= 0.3 is 0 Å². The van der Waals surface area contributed by atoms with Crippen molar-refractivity contribution in [2.75, 3.05) is 0 Å². The number of hydrogen-bond acceptors (Lipinski definition) is 1. The molecule has 0 amide bonds. The number of hydrogen-bond donors (Lipinski definition) is 1. The Balaban J connectivity index is 1.94. The third-order valence-electron chi connectivity index (χ3n) is 3.01. The van der Waals surface area contributed by atoms with E-state index in [1.807, 2.05) is 0 Å². The van der Waals surface area contributed by atoms with Gasteiger partial charge in [0.25, 0.3) is 0 Å². The highest BCUT2D eigenvalue weighted by Gasteiger charge is 2.39. The third-order valence-corrected chi connectivity index (χ3v) is 3.60. The lowest BCUT2D eigenvalue weighted by Gasteiger charge is -2.45. The molecule has 3 unspecified atom stereocenters. The highest BCUT2D eigenvalue weighted by molar-refractivity contribution is 7.81. The summed E-state index contributed by atoms with van der Waals surface area (Å²) in [5.74, 6) is 2.10. The Bertz CT molecular complexity index is 109. The lowest BCUT2D eigenvalue weighted by molar-refractivity contribution is 0.127. The predicted octanol–water partition coefficient (Wildman–Crippen LogP) is 2.49. The molecule has 0 saturated heterocycles. The predicted molar refractivity (Wildman–Crippen MR) is 42.8 cm³/mol. The standard InChI is InChI=1S/C8H14S/c9-8-5-6-3-1-2-4-7(6)8/h6-9H,1-5H2. The lowest BCUT2D eigenvalue weighted by atomic mass is 9.65. The zero-order chi connectivity index (χ0) is 6.27. The minimum atomic E-state index is 0.773. The second kappa shape index (κ2) is 2.19. The second-order valence-electron chi connectivity index (χ2n) is 3.51. The van der Waals surface area contributed by atoms with E-state index >= 15 is 0 Å². The van der Waals surface area contributed by atoms with Gasteiger partial charge in [0.1, 0.15) is 0 Å². The molecule has 1 heteroatoms. The molecule has 0 aliphatic heterocycles. The number of rotatable bonds is 0. The summed E-state index contributed by atoms with van der Waals surface area (Å²) in [5.41, 5.74) is 0. The van der Waals surface area contributed by atoms with E-state index in [4.69, 9.17) is 0 Å². The van der Waals surface area contributed by atoms with Gasteiger partial charge in [-0.05, 0) is 24.7 Å². The van der Waals surface area contributed by atoms with Gasteiger partial charge in [-0.2, -0.15) is 12.6 Å². The molecule has 0 radical (unpaired) electrons. The molecule has 0 nitrogen and oxygen atoms in total. The van der Waals surface area contributed by atoms with Crippen molar-refractivity contribution in [1.82, 2.24) is 0 Å². The molecule has 0 N–H and O–H groups in total. The monoisotopic (exact) mass is 142 g/mol. The normalized spacial score (nSPS) is 49.7. The first-order chi connectivity index (χ1) is 4.38. The molecule has 0 heterocycles. The first-order valence-corrected chi connectivity index (χ1v) is 4.57. The molecule has 0 aromatic rings. The van der Waals surface area contributed by atoms with Gasteiger partial charge < -0.3 is 0 Å². The van der Waals surface area contributed by atoms with Gasteiger partial charge in [-0.25, -0.2) is 0 Å². The van der Waals surface area contributed by atoms with Crippen molar-refractivity contribution in [1.29, 1.82) is 0 Å². The lowest BCUT2D eigenvalue weighted by Crippen LogP contribution is -2.39. The van der Waals surface area contributed by atoms with E-state index < -0.39 is 0 Å². The summed E-state index contributed by atoms with van der Waals surface area (Å²) in [6, 6.07) is 0. The molecule has 2 saturated carbocycles. The molecule has 0 bridgehead atoms. The summed E-state index contributed by atoms with van der Waals surface area (Å²) < 4.78 is 0. The van der Waals surface area contributed by atoms with Crippen LogP contribution in [0.1, 0.15) is 32.1 Å². The summed E-state index contributed by atoms with van der Waals surface area (Å²) in [7, 11) is 0. The maximum Gasteiger partial charge on any atom is 0.00504 e. The summed E-state index contributed by atoms with van der Waals surface area (Å²) in [6.45, 7) is 0. The van der Waals surface area contributed by atoms with Crippen LogP contribution >= 0.6 is 12.6 Å². The Kier molecular flexibility index (Phi) is 1.48. The maximum atomic E-state index is 4.51. The van der Waals surface area contributed by atoms with E-state index in [0.717, 1.165) is 17.1 Å². The van der Waals surface area contributed by atoms with E-state index in [-0.39, 0.29) is 0 Å². The van der Waals surface area contributed by atoms with Crippen molar-refractivity contribution >= 4 is 12.6 Å².